The maximum Gasteiger partial charge on any atom is 0.309 e. The number of carbonyl (C=O) groups excluding carboxylic acids is 3. The topological polar surface area (TPSA) is 178 Å². The molecule has 2 aliphatic carbocycles. The molecule has 2 bridgehead atoms. The highest BCUT2D eigenvalue weighted by molar-refractivity contribution is 6.30. The van der Waals surface area contributed by atoms with Gasteiger partial charge in [-0.1, -0.05) is 0 Å². The van der Waals surface area contributed by atoms with Crippen molar-refractivity contribution in [2.75, 3.05) is 0 Å². The van der Waals surface area contributed by atoms with Crippen LogP contribution in [0.25, 0.3) is 0 Å². The van der Waals surface area contributed by atoms with Crippen LogP contribution in [0.4, 0.5) is 0 Å². The van der Waals surface area contributed by atoms with Crippen molar-refractivity contribution in [2.24, 2.45) is 0 Å². The zero-order valence-corrected chi connectivity index (χ0v) is 22.1. The molecule has 40 heavy (non-hydrogen) atoms. The second kappa shape index (κ2) is 8.57. The van der Waals surface area contributed by atoms with Crippen LogP contribution in [-0.4, -0.2) is 87.0 Å². The molecular formula is C28H30O12. The molecule has 7 aliphatic rings. The quantitative estimate of drug-likeness (QED) is 0.302. The van der Waals surface area contributed by atoms with Gasteiger partial charge in [-0.3, -0.25) is 14.4 Å². The number of aromatic hydroxyl groups is 2. The number of esters is 1. The summed E-state index contributed by atoms with van der Waals surface area (Å²) in [6.45, 7) is 4.88. The van der Waals surface area contributed by atoms with E-state index in [9.17, 15) is 34.8 Å². The van der Waals surface area contributed by atoms with Crippen molar-refractivity contribution < 1.29 is 58.5 Å². The first kappa shape index (κ1) is 26.1. The first-order valence-corrected chi connectivity index (χ1v) is 13.6. The predicted octanol–water partition coefficient (Wildman–Crippen LogP) is 1.20. The molecule has 0 unspecified atom stereocenters. The number of benzene rings is 1. The number of fused-ring (bicyclic) bond motifs is 5. The van der Waals surface area contributed by atoms with Crippen LogP contribution in [-0.2, 0) is 34.1 Å². The van der Waals surface area contributed by atoms with Crippen LogP contribution in [0.3, 0.4) is 0 Å². The van der Waals surface area contributed by atoms with Gasteiger partial charge < -0.3 is 44.1 Å². The van der Waals surface area contributed by atoms with E-state index in [4.69, 9.17) is 23.7 Å². The first-order valence-electron chi connectivity index (χ1n) is 13.6. The third-order valence-electron chi connectivity index (χ3n) is 9.30. The molecule has 10 atom stereocenters. The van der Waals surface area contributed by atoms with E-state index in [0.29, 0.717) is 12.8 Å². The van der Waals surface area contributed by atoms with E-state index < -0.39 is 101 Å². The summed E-state index contributed by atoms with van der Waals surface area (Å²) in [5, 5.41) is 45.3. The fourth-order valence-electron chi connectivity index (χ4n) is 7.31. The van der Waals surface area contributed by atoms with E-state index >= 15 is 0 Å². The third kappa shape index (κ3) is 3.25. The SMILES string of the molecule is C[C@@H]1O[C@@H]2CC(=O)O[C@@H]2C2=C1C(=O)c1c(O)c3c(c(O)c1C2=O)[C@@H]1C[C@H](O[C@H]2CC[C@H](O)[C@H](C)O2)[C@]3(O)[C@H](C)O1. The number of carbonyl (C=O) groups is 3. The van der Waals surface area contributed by atoms with Crippen LogP contribution >= 0.6 is 0 Å². The minimum Gasteiger partial charge on any atom is -0.507 e. The van der Waals surface area contributed by atoms with Crippen LogP contribution in [0.2, 0.25) is 0 Å². The summed E-state index contributed by atoms with van der Waals surface area (Å²) in [4.78, 5) is 39.8. The molecule has 5 aliphatic heterocycles. The summed E-state index contributed by atoms with van der Waals surface area (Å²) < 4.78 is 29.1. The highest BCUT2D eigenvalue weighted by atomic mass is 16.7. The number of phenols is 2. The van der Waals surface area contributed by atoms with Gasteiger partial charge in [0.25, 0.3) is 0 Å². The lowest BCUT2D eigenvalue weighted by Crippen LogP contribution is -2.60. The highest BCUT2D eigenvalue weighted by Gasteiger charge is 2.62. The smallest absolute Gasteiger partial charge is 0.309 e. The lowest BCUT2D eigenvalue weighted by atomic mass is 9.66. The Morgan fingerprint density at radius 3 is 2.35 bits per heavy atom. The van der Waals surface area contributed by atoms with Crippen LogP contribution in [0.15, 0.2) is 11.1 Å². The normalized spacial score (nSPS) is 41.8. The fourth-order valence-corrected chi connectivity index (χ4v) is 7.31. The van der Waals surface area contributed by atoms with Crippen molar-refractivity contribution in [1.29, 1.82) is 0 Å². The van der Waals surface area contributed by atoms with E-state index in [1.807, 2.05) is 0 Å². The van der Waals surface area contributed by atoms with E-state index in [-0.39, 0.29) is 35.1 Å². The van der Waals surface area contributed by atoms with Crippen LogP contribution < -0.4 is 0 Å². The van der Waals surface area contributed by atoms with Crippen LogP contribution in [0, 0.1) is 0 Å². The van der Waals surface area contributed by atoms with Crippen molar-refractivity contribution in [2.45, 2.75) is 107 Å². The minimum atomic E-state index is -2.01. The van der Waals surface area contributed by atoms with Gasteiger partial charge in [0.2, 0.25) is 0 Å². The molecule has 0 aromatic heterocycles. The van der Waals surface area contributed by atoms with Gasteiger partial charge in [0.15, 0.2) is 24.0 Å². The summed E-state index contributed by atoms with van der Waals surface area (Å²) in [7, 11) is 0. The number of hydrogen-bond donors (Lipinski definition) is 4. The molecule has 3 fully saturated rings. The molecule has 5 heterocycles. The van der Waals surface area contributed by atoms with E-state index in [1.165, 1.54) is 0 Å². The summed E-state index contributed by atoms with van der Waals surface area (Å²) in [6.07, 6.45) is -6.55. The van der Waals surface area contributed by atoms with Gasteiger partial charge >= 0.3 is 5.97 Å². The van der Waals surface area contributed by atoms with Gasteiger partial charge in [-0.2, -0.15) is 0 Å². The Balaban J connectivity index is 1.35. The highest BCUT2D eigenvalue weighted by Crippen LogP contribution is 2.60. The Labute approximate surface area is 228 Å². The lowest BCUT2D eigenvalue weighted by Gasteiger charge is -2.54. The van der Waals surface area contributed by atoms with Crippen molar-refractivity contribution in [3.63, 3.8) is 0 Å². The molecule has 12 heteroatoms. The van der Waals surface area contributed by atoms with Gasteiger partial charge in [0, 0.05) is 29.5 Å². The molecular weight excluding hydrogens is 528 g/mol. The molecule has 1 aromatic carbocycles. The number of rotatable bonds is 2. The molecule has 0 saturated carbocycles. The van der Waals surface area contributed by atoms with Gasteiger partial charge in [-0.15, -0.1) is 0 Å². The number of Topliss-reactive ketones (excluding diaryl/α,β-unsaturated/α-hetero) is 2. The van der Waals surface area contributed by atoms with Crippen LogP contribution in [0.5, 0.6) is 11.5 Å². The zero-order chi connectivity index (χ0) is 28.4. The van der Waals surface area contributed by atoms with Crippen molar-refractivity contribution in [3.05, 3.63) is 33.4 Å². The zero-order valence-electron chi connectivity index (χ0n) is 22.1. The number of aliphatic hydroxyl groups excluding tert-OH is 1. The number of aliphatic hydroxyl groups is 2. The molecule has 3 saturated heterocycles. The average molecular weight is 559 g/mol. The van der Waals surface area contributed by atoms with E-state index in [1.54, 1.807) is 20.8 Å². The number of ether oxygens (including phenoxy) is 5. The van der Waals surface area contributed by atoms with Gasteiger partial charge in [-0.05, 0) is 27.2 Å². The van der Waals surface area contributed by atoms with Crippen molar-refractivity contribution in [3.8, 4) is 11.5 Å². The van der Waals surface area contributed by atoms with E-state index in [2.05, 4.69) is 0 Å². The van der Waals surface area contributed by atoms with Gasteiger partial charge in [-0.25, -0.2) is 0 Å². The summed E-state index contributed by atoms with van der Waals surface area (Å²) >= 11 is 0. The fraction of sp³-hybridized carbons (Fsp3) is 0.607. The monoisotopic (exact) mass is 558 g/mol. The summed E-state index contributed by atoms with van der Waals surface area (Å²) in [5.41, 5.74) is -3.13. The Kier molecular flexibility index (Phi) is 5.58. The second-order valence-corrected chi connectivity index (χ2v) is 11.5. The summed E-state index contributed by atoms with van der Waals surface area (Å²) in [5.74, 6) is -3.30. The molecule has 214 valence electrons. The van der Waals surface area contributed by atoms with Gasteiger partial charge in [0.05, 0.1) is 59.7 Å². The third-order valence-corrected chi connectivity index (χ3v) is 9.30. The minimum absolute atomic E-state index is 0.00956. The molecule has 0 amide bonds. The summed E-state index contributed by atoms with van der Waals surface area (Å²) in [6, 6.07) is 0. The number of phenolic OH excluding ortho intramolecular Hbond substituents is 2. The van der Waals surface area contributed by atoms with Gasteiger partial charge in [0.1, 0.15) is 23.2 Å². The Morgan fingerprint density at radius 1 is 0.925 bits per heavy atom. The second-order valence-electron chi connectivity index (χ2n) is 11.5. The first-order chi connectivity index (χ1) is 18.9. The largest absolute Gasteiger partial charge is 0.507 e. The molecule has 0 radical (unpaired) electrons. The molecule has 1 aromatic rings. The Bertz CT molecular complexity index is 1400. The maximum absolute atomic E-state index is 13.9. The van der Waals surface area contributed by atoms with Crippen molar-refractivity contribution >= 4 is 17.5 Å². The van der Waals surface area contributed by atoms with Crippen molar-refractivity contribution in [1.82, 2.24) is 0 Å². The lowest BCUT2D eigenvalue weighted by molar-refractivity contribution is -0.311. The molecule has 8 rings (SSSR count). The molecule has 12 nitrogen and oxygen atoms in total. The predicted molar refractivity (Wildman–Crippen MR) is 131 cm³/mol. The molecule has 4 N–H and O–H groups in total. The standard InChI is InChI=1S/C28H30O12/c1-8-11(29)4-5-16(37-8)39-14-6-12-18-22(28(14,35)10(3)38-12)26(34)20-19(24(18)32)25(33)21-17(23(20)31)9(2)36-13-7-15(30)40-27(13)21/h8-14,16,27,29,32,34-35H,4-7H2,1-3H3/t8-,9-,10-,11-,12-,13+,14-,16-,27-,28+/m0/s1. The molecule has 0 spiro atoms. The number of ketones is 2. The number of hydrogen-bond acceptors (Lipinski definition) is 12. The maximum atomic E-state index is 13.9. The van der Waals surface area contributed by atoms with Crippen LogP contribution in [0.1, 0.15) is 84.4 Å². The average Bonchev–Trinajstić information content (AvgIpc) is 3.26. The Hall–Kier alpha value is -2.87. The Morgan fingerprint density at radius 2 is 1.62 bits per heavy atom. The van der Waals surface area contributed by atoms with E-state index in [0.717, 1.165) is 0 Å².